The van der Waals surface area contributed by atoms with Crippen LogP contribution in [-0.2, 0) is 0 Å². The molecule has 0 aliphatic heterocycles. The highest BCUT2D eigenvalue weighted by Gasteiger charge is 2.09. The standard InChI is InChI=1S/C9H22N2Si/c1-6(2)10-9(8(5)12)11-7(3)4/h6-7,9-11H,5H2,1-4,12H3. The number of hydrogen-bond donors (Lipinski definition) is 2. The van der Waals surface area contributed by atoms with Crippen LogP contribution in [0.3, 0.4) is 0 Å². The van der Waals surface area contributed by atoms with Gasteiger partial charge < -0.3 is 0 Å². The van der Waals surface area contributed by atoms with Crippen LogP contribution in [0.2, 0.25) is 0 Å². The molecule has 0 aliphatic rings. The minimum absolute atomic E-state index is 0.302. The number of nitrogens with one attached hydrogen (secondary N) is 2. The fourth-order valence-corrected chi connectivity index (χ4v) is 1.33. The molecule has 0 saturated carbocycles. The van der Waals surface area contributed by atoms with Crippen molar-refractivity contribution in [2.24, 2.45) is 0 Å². The lowest BCUT2D eigenvalue weighted by Gasteiger charge is -2.25. The molecular formula is C9H22N2Si. The fraction of sp³-hybridized carbons (Fsp3) is 0.778. The predicted molar refractivity (Wildman–Crippen MR) is 59.4 cm³/mol. The normalized spacial score (nSPS) is 11.9. The Bertz CT molecular complexity index is 133. The second-order valence-corrected chi connectivity index (χ2v) is 5.21. The van der Waals surface area contributed by atoms with Crippen molar-refractivity contribution in [2.45, 2.75) is 45.9 Å². The van der Waals surface area contributed by atoms with E-state index < -0.39 is 0 Å². The maximum Gasteiger partial charge on any atom is 0.0749 e. The van der Waals surface area contributed by atoms with E-state index in [1.807, 2.05) is 0 Å². The van der Waals surface area contributed by atoms with Crippen LogP contribution in [0.4, 0.5) is 0 Å². The van der Waals surface area contributed by atoms with Gasteiger partial charge in [0.1, 0.15) is 0 Å². The van der Waals surface area contributed by atoms with E-state index in [2.05, 4.69) is 44.9 Å². The average Bonchev–Trinajstić information content (AvgIpc) is 1.83. The molecule has 0 saturated heterocycles. The van der Waals surface area contributed by atoms with Gasteiger partial charge in [0.25, 0.3) is 0 Å². The topological polar surface area (TPSA) is 24.1 Å². The third-order valence-corrected chi connectivity index (χ3v) is 2.07. The summed E-state index contributed by atoms with van der Waals surface area (Å²) in [7, 11) is 1.04. The van der Waals surface area contributed by atoms with Gasteiger partial charge in [0.05, 0.1) is 6.17 Å². The summed E-state index contributed by atoms with van der Waals surface area (Å²) < 4.78 is 0. The van der Waals surface area contributed by atoms with Crippen LogP contribution >= 0.6 is 0 Å². The van der Waals surface area contributed by atoms with Crippen LogP contribution in [0.25, 0.3) is 0 Å². The monoisotopic (exact) mass is 186 g/mol. The van der Waals surface area contributed by atoms with Crippen LogP contribution in [-0.4, -0.2) is 28.5 Å². The zero-order valence-corrected chi connectivity index (χ0v) is 10.9. The molecule has 72 valence electrons. The summed E-state index contributed by atoms with van der Waals surface area (Å²) in [5.74, 6) is 0. The summed E-state index contributed by atoms with van der Waals surface area (Å²) in [6.45, 7) is 12.6. The van der Waals surface area contributed by atoms with Gasteiger partial charge in [-0.2, -0.15) is 0 Å². The van der Waals surface area contributed by atoms with E-state index in [1.165, 1.54) is 5.20 Å². The number of rotatable bonds is 5. The highest BCUT2D eigenvalue weighted by atomic mass is 28.1. The lowest BCUT2D eigenvalue weighted by molar-refractivity contribution is 0.415. The van der Waals surface area contributed by atoms with E-state index in [0.29, 0.717) is 18.2 Å². The first kappa shape index (κ1) is 11.9. The molecule has 0 aromatic heterocycles. The second kappa shape index (κ2) is 5.51. The van der Waals surface area contributed by atoms with Gasteiger partial charge in [-0.05, 0) is 27.7 Å². The van der Waals surface area contributed by atoms with E-state index in [-0.39, 0.29) is 0 Å². The van der Waals surface area contributed by atoms with Crippen molar-refractivity contribution >= 4 is 10.2 Å². The van der Waals surface area contributed by atoms with Crippen molar-refractivity contribution in [3.05, 3.63) is 11.8 Å². The molecule has 0 radical (unpaired) electrons. The molecule has 0 aromatic rings. The molecule has 0 atom stereocenters. The van der Waals surface area contributed by atoms with Crippen molar-refractivity contribution in [3.8, 4) is 0 Å². The summed E-state index contributed by atoms with van der Waals surface area (Å²) in [5.41, 5.74) is 0. The molecule has 0 aliphatic carbocycles. The third-order valence-electron chi connectivity index (χ3n) is 1.49. The molecule has 0 aromatic carbocycles. The molecule has 0 spiro atoms. The summed E-state index contributed by atoms with van der Waals surface area (Å²) in [6.07, 6.45) is 0.302. The highest BCUT2D eigenvalue weighted by Crippen LogP contribution is 1.94. The second-order valence-electron chi connectivity index (χ2n) is 3.92. The zero-order valence-electron chi connectivity index (χ0n) is 8.94. The van der Waals surface area contributed by atoms with Crippen molar-refractivity contribution in [1.29, 1.82) is 0 Å². The molecule has 2 nitrogen and oxygen atoms in total. The molecule has 0 fully saturated rings. The Labute approximate surface area is 79.2 Å². The van der Waals surface area contributed by atoms with Gasteiger partial charge in [0, 0.05) is 22.3 Å². The Balaban J connectivity index is 3.96. The molecule has 3 heteroatoms. The summed E-state index contributed by atoms with van der Waals surface area (Å²) >= 11 is 0. The molecule has 2 N–H and O–H groups in total. The van der Waals surface area contributed by atoms with Gasteiger partial charge in [-0.15, -0.1) is 6.58 Å². The van der Waals surface area contributed by atoms with Crippen molar-refractivity contribution in [3.63, 3.8) is 0 Å². The van der Waals surface area contributed by atoms with E-state index in [9.17, 15) is 0 Å². The molecule has 0 bridgehead atoms. The lowest BCUT2D eigenvalue weighted by Crippen LogP contribution is -2.49. The Kier molecular flexibility index (Phi) is 5.45. The van der Waals surface area contributed by atoms with Gasteiger partial charge in [0.2, 0.25) is 0 Å². The SMILES string of the molecule is C=C([SiH3])C(NC(C)C)NC(C)C. The number of hydrogen-bond acceptors (Lipinski definition) is 2. The van der Waals surface area contributed by atoms with Crippen molar-refractivity contribution in [1.82, 2.24) is 10.6 Å². The molecule has 0 amide bonds. The maximum absolute atomic E-state index is 4.00. The molecule has 0 heterocycles. The Morgan fingerprint density at radius 2 is 1.42 bits per heavy atom. The van der Waals surface area contributed by atoms with Gasteiger partial charge >= 0.3 is 0 Å². The third kappa shape index (κ3) is 5.52. The van der Waals surface area contributed by atoms with Crippen LogP contribution < -0.4 is 10.6 Å². The summed E-state index contributed by atoms with van der Waals surface area (Å²) in [4.78, 5) is 0. The first-order valence-electron chi connectivity index (χ1n) is 4.61. The maximum atomic E-state index is 4.00. The Morgan fingerprint density at radius 3 is 1.58 bits per heavy atom. The minimum atomic E-state index is 0.302. The van der Waals surface area contributed by atoms with Crippen LogP contribution in [0, 0.1) is 0 Å². The van der Waals surface area contributed by atoms with Crippen molar-refractivity contribution in [2.75, 3.05) is 0 Å². The molecule has 0 rings (SSSR count). The van der Waals surface area contributed by atoms with E-state index >= 15 is 0 Å². The molecular weight excluding hydrogens is 164 g/mol. The van der Waals surface area contributed by atoms with E-state index in [0.717, 1.165) is 10.2 Å². The van der Waals surface area contributed by atoms with Gasteiger partial charge in [0.15, 0.2) is 0 Å². The molecule has 12 heavy (non-hydrogen) atoms. The highest BCUT2D eigenvalue weighted by molar-refractivity contribution is 6.21. The smallest absolute Gasteiger partial charge is 0.0749 e. The van der Waals surface area contributed by atoms with Gasteiger partial charge in [-0.25, -0.2) is 0 Å². The van der Waals surface area contributed by atoms with Crippen molar-refractivity contribution < 1.29 is 0 Å². The largest absolute Gasteiger partial charge is 0.297 e. The zero-order chi connectivity index (χ0) is 9.72. The van der Waals surface area contributed by atoms with E-state index in [4.69, 9.17) is 0 Å². The Hall–Kier alpha value is -0.123. The fourth-order valence-electron chi connectivity index (χ4n) is 0.999. The van der Waals surface area contributed by atoms with Crippen LogP contribution in [0.5, 0.6) is 0 Å². The molecule has 0 unspecified atom stereocenters. The van der Waals surface area contributed by atoms with Crippen LogP contribution in [0.15, 0.2) is 11.8 Å². The Morgan fingerprint density at radius 1 is 1.08 bits per heavy atom. The first-order chi connectivity index (χ1) is 5.43. The van der Waals surface area contributed by atoms with E-state index in [1.54, 1.807) is 0 Å². The first-order valence-corrected chi connectivity index (χ1v) is 5.61. The minimum Gasteiger partial charge on any atom is -0.297 e. The quantitative estimate of drug-likeness (QED) is 0.473. The predicted octanol–water partition coefficient (Wildman–Crippen LogP) is 0.188. The summed E-state index contributed by atoms with van der Waals surface area (Å²) in [5, 5.41) is 8.14. The van der Waals surface area contributed by atoms with Crippen LogP contribution in [0.1, 0.15) is 27.7 Å². The van der Waals surface area contributed by atoms with Gasteiger partial charge in [-0.1, -0.05) is 5.20 Å². The summed E-state index contributed by atoms with van der Waals surface area (Å²) in [6, 6.07) is 1.01. The van der Waals surface area contributed by atoms with Gasteiger partial charge in [-0.3, -0.25) is 10.6 Å². The lowest BCUT2D eigenvalue weighted by atomic mass is 10.3. The average molecular weight is 186 g/mol.